The van der Waals surface area contributed by atoms with E-state index in [1.54, 1.807) is 57.1 Å². The van der Waals surface area contributed by atoms with Crippen molar-refractivity contribution in [1.82, 2.24) is 80.0 Å². The van der Waals surface area contributed by atoms with Crippen LogP contribution in [0.25, 0.3) is 54.5 Å². The Morgan fingerprint density at radius 3 is 1.35 bits per heavy atom. The van der Waals surface area contributed by atoms with Crippen molar-refractivity contribution in [2.24, 2.45) is 0 Å². The number of aromatic nitrogens is 10. The lowest BCUT2D eigenvalue weighted by Gasteiger charge is -2.38. The van der Waals surface area contributed by atoms with E-state index in [2.05, 4.69) is 88.5 Å². The number of anilines is 3. The molecule has 11 heterocycles. The molecule has 6 aliphatic heterocycles. The molecule has 113 heavy (non-hydrogen) atoms. The Morgan fingerprint density at radius 1 is 0.504 bits per heavy atom. The van der Waals surface area contributed by atoms with E-state index in [0.717, 1.165) is 118 Å². The second kappa shape index (κ2) is 34.9. The number of carbonyl (C=O) groups is 4. The largest absolute Gasteiger partial charge is 0.384 e. The van der Waals surface area contributed by atoms with E-state index in [-0.39, 0.29) is 29.4 Å². The van der Waals surface area contributed by atoms with Crippen LogP contribution < -0.4 is 25.3 Å². The number of amides is 5. The lowest BCUT2D eigenvalue weighted by molar-refractivity contribution is -0.139. The monoisotopic (exact) mass is 1660 g/mol. The smallest absolute Gasteiger partial charge is 0.322 e. The van der Waals surface area contributed by atoms with Crippen molar-refractivity contribution < 1.29 is 41.1 Å². The summed E-state index contributed by atoms with van der Waals surface area (Å²) < 4.78 is 53.0. The molecular formula is C79H93Cl4N19O9S2. The van der Waals surface area contributed by atoms with Gasteiger partial charge in [-0.15, -0.1) is 0 Å². The van der Waals surface area contributed by atoms with E-state index in [1.165, 1.54) is 54.8 Å². The van der Waals surface area contributed by atoms with Crippen LogP contribution in [0.4, 0.5) is 21.9 Å². The molecule has 28 nitrogen and oxygen atoms in total. The first-order valence-electron chi connectivity index (χ1n) is 38.5. The molecule has 1 saturated carbocycles. The number of halogens is 4. The number of benzene rings is 6. The Kier molecular flexibility index (Phi) is 24.9. The van der Waals surface area contributed by atoms with Gasteiger partial charge in [0.2, 0.25) is 26.0 Å². The van der Waals surface area contributed by atoms with Gasteiger partial charge in [0, 0.05) is 163 Å². The highest BCUT2D eigenvalue weighted by Gasteiger charge is 2.48. The van der Waals surface area contributed by atoms with Gasteiger partial charge in [-0.1, -0.05) is 84.4 Å². The zero-order valence-corrected chi connectivity index (χ0v) is 67.8. The molecule has 5 amide bonds. The van der Waals surface area contributed by atoms with Gasteiger partial charge in [0.25, 0.3) is 11.8 Å². The van der Waals surface area contributed by atoms with Crippen molar-refractivity contribution in [3.05, 3.63) is 159 Å². The van der Waals surface area contributed by atoms with Crippen LogP contribution in [0.3, 0.4) is 0 Å². The van der Waals surface area contributed by atoms with Crippen LogP contribution in [0.2, 0.25) is 20.1 Å². The number of aliphatic hydroxyl groups is 1. The standard InChI is InChI=1S/C18H18ClN3O2S.C18H24N4O.C15H20ClN3O2S.C14H14ClN5O2.C14H17ClN4O2/c19-14-10-16(17-12-20-21-18(17)11-14)13-6-8-22(9-7-13)25(23,24)15-4-2-1-3-5-15;1-13(23)21-6-8-22(9-7-21)18-11-15(14-4-2-3-5-14)10-17-16(18)12-19-20-17;1-2-7-22(20,21)19-5-3-11(4-6-19)13-8-12(16)9-15-14(13)10-17-18-15;15-8-5-10-9(7-16-19-10)11(6-8)20-3-1-14(2-4-20)12(21)17-13(22)18-14;1-9(20)14(21)19-4-2-18(3-5-19)13-7-10(15)6-12-11(13)8-16-17-12/h1-5,10-13H,6-9H2,(H,20,21);10-12,14H,2-9H2,1H3,(H,19,20);8-11H,2-7H2,1H3,(H,17,18);5-7H,1-4H2,(H,16,19)(H2,17,18,21,22);6-9,20H,2-5H2,1H3,(H,16,17). The zero-order valence-electron chi connectivity index (χ0n) is 63.1. The third-order valence-electron chi connectivity index (χ3n) is 22.9. The van der Waals surface area contributed by atoms with Gasteiger partial charge < -0.3 is 34.9 Å². The fourth-order valence-electron chi connectivity index (χ4n) is 16.8. The van der Waals surface area contributed by atoms with Crippen molar-refractivity contribution in [2.45, 2.75) is 126 Å². The van der Waals surface area contributed by atoms with Gasteiger partial charge in [-0.25, -0.2) is 25.9 Å². The lowest BCUT2D eigenvalue weighted by atomic mass is 9.87. The van der Waals surface area contributed by atoms with Crippen LogP contribution in [0, 0.1) is 0 Å². The summed E-state index contributed by atoms with van der Waals surface area (Å²) in [6.45, 7) is 14.6. The summed E-state index contributed by atoms with van der Waals surface area (Å²) in [5.41, 5.74) is 11.1. The van der Waals surface area contributed by atoms with Gasteiger partial charge in [-0.3, -0.25) is 45.2 Å². The molecule has 11 aromatic rings. The highest BCUT2D eigenvalue weighted by atomic mass is 35.5. The van der Waals surface area contributed by atoms with Gasteiger partial charge in [0.15, 0.2) is 0 Å². The molecule has 1 spiro atoms. The van der Waals surface area contributed by atoms with Crippen molar-refractivity contribution in [3.8, 4) is 0 Å². The first-order valence-corrected chi connectivity index (χ1v) is 43.1. The fourth-order valence-corrected chi connectivity index (χ4v) is 20.7. The molecule has 7 fully saturated rings. The summed E-state index contributed by atoms with van der Waals surface area (Å²) in [5, 5.41) is 57.9. The van der Waals surface area contributed by atoms with Crippen LogP contribution in [-0.2, 0) is 34.4 Å². The number of rotatable bonds is 12. The molecule has 1 unspecified atom stereocenters. The molecule has 1 aliphatic carbocycles. The number of nitrogens with zero attached hydrogens (tertiary/aromatic N) is 12. The minimum atomic E-state index is -3.42. The van der Waals surface area contributed by atoms with Crippen molar-refractivity contribution >= 4 is 162 Å². The molecule has 34 heteroatoms. The van der Waals surface area contributed by atoms with E-state index in [4.69, 9.17) is 46.4 Å². The highest BCUT2D eigenvalue weighted by molar-refractivity contribution is 7.89. The average Bonchev–Trinajstić information content (AvgIpc) is 1.70. The van der Waals surface area contributed by atoms with Crippen LogP contribution in [0.5, 0.6) is 0 Å². The topological polar surface area (TPSA) is 347 Å². The number of fused-ring (bicyclic) bond motifs is 5. The number of H-pyrrole nitrogens is 5. The number of urea groups is 1. The number of piperazine rings is 2. The van der Waals surface area contributed by atoms with Crippen molar-refractivity contribution in [1.29, 1.82) is 0 Å². The Bertz CT molecular complexity index is 5460. The van der Waals surface area contributed by atoms with Crippen molar-refractivity contribution in [2.75, 3.05) is 112 Å². The van der Waals surface area contributed by atoms with Gasteiger partial charge in [-0.2, -0.15) is 29.8 Å². The number of aliphatic hydroxyl groups excluding tert-OH is 1. The normalized spacial score (nSPS) is 18.5. The van der Waals surface area contributed by atoms with E-state index >= 15 is 0 Å². The Balaban J connectivity index is 0.000000117. The van der Waals surface area contributed by atoms with E-state index in [1.807, 2.05) is 85.0 Å². The minimum absolute atomic E-state index is 0.179. The second-order valence-electron chi connectivity index (χ2n) is 30.0. The predicted octanol–water partition coefficient (Wildman–Crippen LogP) is 12.4. The molecule has 0 bridgehead atoms. The van der Waals surface area contributed by atoms with E-state index in [0.29, 0.717) is 122 Å². The predicted molar refractivity (Wildman–Crippen MR) is 442 cm³/mol. The molecule has 0 radical (unpaired) electrons. The molecule has 5 aromatic heterocycles. The Labute approximate surface area is 675 Å². The third-order valence-corrected chi connectivity index (χ3v) is 27.7. The fraction of sp³-hybridized carbons (Fsp3) is 0.430. The maximum Gasteiger partial charge on any atom is 0.322 e. The van der Waals surface area contributed by atoms with Crippen LogP contribution in [0.15, 0.2) is 127 Å². The molecule has 6 aromatic carbocycles. The number of hydrogen-bond donors (Lipinski definition) is 8. The lowest BCUT2D eigenvalue weighted by Crippen LogP contribution is -2.54. The van der Waals surface area contributed by atoms with Gasteiger partial charge in [0.1, 0.15) is 11.6 Å². The summed E-state index contributed by atoms with van der Waals surface area (Å²) in [4.78, 5) is 57.4. The van der Waals surface area contributed by atoms with Crippen LogP contribution in [0.1, 0.15) is 126 Å². The average molecular weight is 1660 g/mol. The maximum atomic E-state index is 12.7. The molecular weight excluding hydrogens is 1560 g/mol. The van der Waals surface area contributed by atoms with Gasteiger partial charge in [-0.05, 0) is 172 Å². The number of imide groups is 1. The second-order valence-corrected chi connectivity index (χ2v) is 35.7. The summed E-state index contributed by atoms with van der Waals surface area (Å²) in [7, 11) is -6.51. The first-order chi connectivity index (χ1) is 54.4. The summed E-state index contributed by atoms with van der Waals surface area (Å²) in [5.74, 6) is 1.28. The number of aromatic amines is 5. The van der Waals surface area contributed by atoms with Crippen LogP contribution in [-0.4, -0.2) is 224 Å². The molecule has 7 aliphatic rings. The zero-order chi connectivity index (χ0) is 79.3. The van der Waals surface area contributed by atoms with Crippen molar-refractivity contribution in [3.63, 3.8) is 0 Å². The minimum Gasteiger partial charge on any atom is -0.384 e. The molecule has 18 rings (SSSR count). The SMILES string of the molecule is CC(=O)N1CCN(c2cc(C3CCCC3)cc3[nH]ncc23)CC1.CC(O)C(=O)N1CCN(c2cc(Cl)cc3[nH]ncc23)CC1.CCCS(=O)(=O)N1CCC(c2cc(Cl)cc3[nH]ncc23)CC1.O=C1NC(=O)C2(CCN(c3cc(Cl)cc4[nH]ncc34)CC2)N1.O=S(=O)(c1ccccc1)N1CCC(c2cc(Cl)cc3[nH]ncc23)CC1. The summed E-state index contributed by atoms with van der Waals surface area (Å²) in [6.07, 6.45) is 18.5. The third kappa shape index (κ3) is 18.0. The van der Waals surface area contributed by atoms with E-state index < -0.39 is 37.7 Å². The first kappa shape index (κ1) is 80.5. The number of nitrogens with one attached hydrogen (secondary N) is 7. The quantitative estimate of drug-likeness (QED) is 0.0527. The number of carbonyl (C=O) groups excluding carboxylic acids is 4. The summed E-state index contributed by atoms with van der Waals surface area (Å²) in [6, 6.07) is 28.1. The van der Waals surface area contributed by atoms with Crippen LogP contribution >= 0.6 is 46.4 Å². The van der Waals surface area contributed by atoms with E-state index in [9.17, 15) is 41.1 Å². The van der Waals surface area contributed by atoms with Gasteiger partial charge >= 0.3 is 6.03 Å². The number of piperidine rings is 3. The Morgan fingerprint density at radius 2 is 0.912 bits per heavy atom. The summed E-state index contributed by atoms with van der Waals surface area (Å²) >= 11 is 24.7. The molecule has 6 saturated heterocycles. The molecule has 8 N–H and O–H groups in total. The molecule has 1 atom stereocenters. The molecule has 598 valence electrons. The number of sulfonamides is 2. The number of hydrogen-bond acceptors (Lipinski definition) is 17. The van der Waals surface area contributed by atoms with Gasteiger partial charge in [0.05, 0.1) is 69.2 Å². The highest BCUT2D eigenvalue weighted by Crippen LogP contribution is 2.42. The Hall–Kier alpha value is -9.11. The maximum absolute atomic E-state index is 12.7.